The van der Waals surface area contributed by atoms with Crippen LogP contribution in [0.4, 0.5) is 0 Å². The quantitative estimate of drug-likeness (QED) is 0.912. The van der Waals surface area contributed by atoms with E-state index < -0.39 is 5.97 Å². The van der Waals surface area contributed by atoms with Crippen molar-refractivity contribution in [2.75, 3.05) is 0 Å². The first-order valence-corrected chi connectivity index (χ1v) is 7.51. The van der Waals surface area contributed by atoms with E-state index in [1.807, 2.05) is 0 Å². The molecule has 1 aliphatic carbocycles. The van der Waals surface area contributed by atoms with E-state index in [4.69, 9.17) is 0 Å². The minimum atomic E-state index is -0.995. The molecule has 0 aliphatic heterocycles. The summed E-state index contributed by atoms with van der Waals surface area (Å²) in [6, 6.07) is 4.97. The van der Waals surface area contributed by atoms with E-state index in [1.165, 1.54) is 12.8 Å². The maximum atomic E-state index is 12.2. The molecule has 5 heteroatoms. The minimum Gasteiger partial charge on any atom is -0.478 e. The summed E-state index contributed by atoms with van der Waals surface area (Å²) >= 11 is 0. The molecule has 5 nitrogen and oxygen atoms in total. The molecule has 0 unspecified atom stereocenters. The molecule has 0 radical (unpaired) electrons. The molecule has 2 aromatic rings. The van der Waals surface area contributed by atoms with Crippen LogP contribution in [-0.2, 0) is 6.54 Å². The van der Waals surface area contributed by atoms with Crippen LogP contribution in [0.1, 0.15) is 43.0 Å². The highest BCUT2D eigenvalue weighted by molar-refractivity contribution is 6.01. The van der Waals surface area contributed by atoms with E-state index in [0.29, 0.717) is 23.5 Å². The maximum Gasteiger partial charge on any atom is 0.337 e. The van der Waals surface area contributed by atoms with Crippen LogP contribution in [0.3, 0.4) is 0 Å². The number of aromatic amines is 1. The van der Waals surface area contributed by atoms with Crippen LogP contribution in [0.25, 0.3) is 11.0 Å². The van der Waals surface area contributed by atoms with Crippen molar-refractivity contribution in [3.05, 3.63) is 34.2 Å². The molecule has 0 bridgehead atoms. The van der Waals surface area contributed by atoms with Crippen LogP contribution < -0.4 is 5.69 Å². The molecule has 2 N–H and O–H groups in total. The van der Waals surface area contributed by atoms with E-state index in [-0.39, 0.29) is 11.3 Å². The molecule has 1 fully saturated rings. The zero-order valence-electron chi connectivity index (χ0n) is 12.1. The van der Waals surface area contributed by atoms with Gasteiger partial charge in [0.25, 0.3) is 0 Å². The average Bonchev–Trinajstić information content (AvgIpc) is 2.77. The normalized spacial score (nSPS) is 22.5. The lowest BCUT2D eigenvalue weighted by Crippen LogP contribution is -2.25. The van der Waals surface area contributed by atoms with Gasteiger partial charge in [-0.05, 0) is 36.8 Å². The molecule has 0 saturated heterocycles. The summed E-state index contributed by atoms with van der Waals surface area (Å²) < 4.78 is 1.61. The maximum absolute atomic E-state index is 12.2. The predicted molar refractivity (Wildman–Crippen MR) is 80.6 cm³/mol. The number of nitrogens with one attached hydrogen (secondary N) is 1. The second kappa shape index (κ2) is 5.39. The number of hydrogen-bond donors (Lipinski definition) is 2. The minimum absolute atomic E-state index is 0.190. The molecule has 0 amide bonds. The van der Waals surface area contributed by atoms with Crippen LogP contribution in [0.15, 0.2) is 23.0 Å². The fraction of sp³-hybridized carbons (Fsp3) is 0.500. The molecule has 21 heavy (non-hydrogen) atoms. The Bertz CT molecular complexity index is 721. The van der Waals surface area contributed by atoms with E-state index in [1.54, 1.807) is 22.8 Å². The van der Waals surface area contributed by atoms with Gasteiger partial charge in [-0.3, -0.25) is 4.57 Å². The molecular weight excluding hydrogens is 268 g/mol. The second-order valence-corrected chi connectivity index (χ2v) is 6.17. The first-order chi connectivity index (χ1) is 10.1. The first kappa shape index (κ1) is 13.9. The van der Waals surface area contributed by atoms with Gasteiger partial charge in [0, 0.05) is 6.54 Å². The third-order valence-electron chi connectivity index (χ3n) is 4.60. The Labute approximate surface area is 122 Å². The van der Waals surface area contributed by atoms with Crippen LogP contribution in [-0.4, -0.2) is 20.6 Å². The van der Waals surface area contributed by atoms with Gasteiger partial charge in [0.05, 0.1) is 16.6 Å². The molecule has 112 valence electrons. The summed E-state index contributed by atoms with van der Waals surface area (Å²) in [6.45, 7) is 2.87. The number of para-hydroxylation sites is 1. The number of aromatic nitrogens is 2. The lowest BCUT2D eigenvalue weighted by Gasteiger charge is -2.26. The number of rotatable bonds is 3. The number of imidazole rings is 1. The van der Waals surface area contributed by atoms with Crippen molar-refractivity contribution in [3.8, 4) is 0 Å². The summed E-state index contributed by atoms with van der Waals surface area (Å²) in [6.07, 6.45) is 4.59. The number of hydrogen-bond acceptors (Lipinski definition) is 2. The summed E-state index contributed by atoms with van der Waals surface area (Å²) in [7, 11) is 0. The lowest BCUT2D eigenvalue weighted by atomic mass is 9.83. The Balaban J connectivity index is 2.00. The molecular formula is C16H20N2O3. The Kier molecular flexibility index (Phi) is 3.57. The Morgan fingerprint density at radius 3 is 2.71 bits per heavy atom. The molecule has 1 aliphatic rings. The van der Waals surface area contributed by atoms with Crippen molar-refractivity contribution < 1.29 is 9.90 Å². The smallest absolute Gasteiger partial charge is 0.337 e. The third-order valence-corrected chi connectivity index (χ3v) is 4.60. The van der Waals surface area contributed by atoms with Crippen LogP contribution in [0, 0.1) is 11.8 Å². The molecule has 1 heterocycles. The first-order valence-electron chi connectivity index (χ1n) is 7.51. The SMILES string of the molecule is CC1CCC(Cn2c(=O)[nH]c3cccc(C(=O)O)c32)CC1. The zero-order chi connectivity index (χ0) is 15.0. The number of carbonyl (C=O) groups is 1. The van der Waals surface area contributed by atoms with Gasteiger partial charge in [-0.15, -0.1) is 0 Å². The van der Waals surface area contributed by atoms with E-state index in [2.05, 4.69) is 11.9 Å². The van der Waals surface area contributed by atoms with Crippen LogP contribution in [0.5, 0.6) is 0 Å². The lowest BCUT2D eigenvalue weighted by molar-refractivity contribution is 0.0698. The highest BCUT2D eigenvalue weighted by Gasteiger charge is 2.22. The Morgan fingerprint density at radius 1 is 1.33 bits per heavy atom. The summed E-state index contributed by atoms with van der Waals surface area (Å²) in [5.74, 6) is 0.223. The number of aromatic carboxylic acids is 1. The van der Waals surface area contributed by atoms with Crippen molar-refractivity contribution >= 4 is 17.0 Å². The number of fused-ring (bicyclic) bond motifs is 1. The molecule has 3 rings (SSSR count). The van der Waals surface area contributed by atoms with Crippen molar-refractivity contribution in [2.24, 2.45) is 11.8 Å². The number of nitrogens with zero attached hydrogens (tertiary/aromatic N) is 1. The number of carboxylic acid groups (broad SMARTS) is 1. The summed E-state index contributed by atoms with van der Waals surface area (Å²) in [5.41, 5.74) is 1.10. The largest absolute Gasteiger partial charge is 0.478 e. The topological polar surface area (TPSA) is 75.1 Å². The van der Waals surface area contributed by atoms with Crippen molar-refractivity contribution in [1.29, 1.82) is 0 Å². The highest BCUT2D eigenvalue weighted by atomic mass is 16.4. The van der Waals surface area contributed by atoms with Gasteiger partial charge in [0.2, 0.25) is 0 Å². The molecule has 0 atom stereocenters. The van der Waals surface area contributed by atoms with Crippen molar-refractivity contribution in [2.45, 2.75) is 39.2 Å². The van der Waals surface area contributed by atoms with Gasteiger partial charge in [-0.2, -0.15) is 0 Å². The number of benzene rings is 1. The van der Waals surface area contributed by atoms with E-state index in [9.17, 15) is 14.7 Å². The molecule has 1 saturated carbocycles. The average molecular weight is 288 g/mol. The van der Waals surface area contributed by atoms with Gasteiger partial charge in [-0.25, -0.2) is 9.59 Å². The summed E-state index contributed by atoms with van der Waals surface area (Å²) in [5, 5.41) is 9.33. The highest BCUT2D eigenvalue weighted by Crippen LogP contribution is 2.30. The fourth-order valence-electron chi connectivity index (χ4n) is 3.34. The number of H-pyrrole nitrogens is 1. The summed E-state index contributed by atoms with van der Waals surface area (Å²) in [4.78, 5) is 26.3. The number of carboxylic acids is 1. The van der Waals surface area contributed by atoms with Crippen molar-refractivity contribution in [3.63, 3.8) is 0 Å². The van der Waals surface area contributed by atoms with Crippen molar-refractivity contribution in [1.82, 2.24) is 9.55 Å². The van der Waals surface area contributed by atoms with Crippen LogP contribution in [0.2, 0.25) is 0 Å². The van der Waals surface area contributed by atoms with Gasteiger partial charge in [0.15, 0.2) is 0 Å². The monoisotopic (exact) mass is 288 g/mol. The second-order valence-electron chi connectivity index (χ2n) is 6.17. The molecule has 1 aromatic heterocycles. The standard InChI is InChI=1S/C16H20N2O3/c1-10-5-7-11(8-6-10)9-18-14-12(15(19)20)3-2-4-13(14)17-16(18)21/h2-4,10-11H,5-9H2,1H3,(H,17,21)(H,19,20). The molecule has 1 aromatic carbocycles. The van der Waals surface area contributed by atoms with Gasteiger partial charge < -0.3 is 10.1 Å². The Morgan fingerprint density at radius 2 is 2.05 bits per heavy atom. The Hall–Kier alpha value is -2.04. The van der Waals surface area contributed by atoms with Gasteiger partial charge in [0.1, 0.15) is 0 Å². The fourth-order valence-corrected chi connectivity index (χ4v) is 3.34. The third kappa shape index (κ3) is 2.60. The van der Waals surface area contributed by atoms with Gasteiger partial charge >= 0.3 is 11.7 Å². The zero-order valence-corrected chi connectivity index (χ0v) is 12.1. The predicted octanol–water partition coefficient (Wildman–Crippen LogP) is 2.85. The van der Waals surface area contributed by atoms with E-state index in [0.717, 1.165) is 18.8 Å². The van der Waals surface area contributed by atoms with Crippen LogP contribution >= 0.6 is 0 Å². The van der Waals surface area contributed by atoms with Gasteiger partial charge in [-0.1, -0.05) is 25.8 Å². The molecule has 0 spiro atoms. The van der Waals surface area contributed by atoms with E-state index >= 15 is 0 Å².